The van der Waals surface area contributed by atoms with E-state index in [0.29, 0.717) is 10.8 Å². The Morgan fingerprint density at radius 3 is 2.26 bits per heavy atom. The molecule has 5 saturated carbocycles. The third kappa shape index (κ3) is 2.53. The maximum atomic E-state index is 4.42. The molecule has 8 atom stereocenters. The summed E-state index contributed by atoms with van der Waals surface area (Å²) in [5, 5.41) is 0. The lowest BCUT2D eigenvalue weighted by molar-refractivity contribution is -0.147. The van der Waals surface area contributed by atoms with Crippen molar-refractivity contribution in [2.45, 2.75) is 105 Å². The van der Waals surface area contributed by atoms with Crippen LogP contribution in [0.5, 0.6) is 0 Å². The Kier molecular flexibility index (Phi) is 4.25. The number of hydrogen-bond acceptors (Lipinski definition) is 0. The van der Waals surface area contributed by atoms with Gasteiger partial charge < -0.3 is 0 Å². The van der Waals surface area contributed by atoms with E-state index in [-0.39, 0.29) is 0 Å². The van der Waals surface area contributed by atoms with Crippen molar-refractivity contribution in [3.8, 4) is 0 Å². The summed E-state index contributed by atoms with van der Waals surface area (Å²) in [6.45, 7) is 14.5. The quantitative estimate of drug-likeness (QED) is 0.442. The van der Waals surface area contributed by atoms with Gasteiger partial charge in [0.05, 0.1) is 0 Å². The first-order chi connectivity index (χ1) is 12.8. The van der Waals surface area contributed by atoms with Crippen molar-refractivity contribution in [1.29, 1.82) is 0 Å². The van der Waals surface area contributed by atoms with Crippen molar-refractivity contribution in [3.05, 3.63) is 12.2 Å². The Morgan fingerprint density at radius 2 is 1.59 bits per heavy atom. The zero-order valence-corrected chi connectivity index (χ0v) is 18.7. The topological polar surface area (TPSA) is 0 Å². The molecule has 27 heavy (non-hydrogen) atoms. The molecule has 0 nitrogen and oxygen atoms in total. The van der Waals surface area contributed by atoms with Gasteiger partial charge in [0.25, 0.3) is 0 Å². The Hall–Kier alpha value is -0.260. The standard InChI is InChI=1S/C27H44/c1-6-25(4)15-16-27(19-7-8-19)20(17-25)9-10-21-23-12-11-22(18(2)3)26(23,5)14-13-24(21)27/h19-24H,2,6-17H2,1,3-5H3/t20-,21+,22-,23+,24+,25+,26-,27-/m1/s1. The van der Waals surface area contributed by atoms with Crippen LogP contribution in [0.25, 0.3) is 0 Å². The zero-order valence-electron chi connectivity index (χ0n) is 18.7. The number of fused-ring (bicyclic) bond motifs is 5. The molecule has 0 radical (unpaired) electrons. The predicted octanol–water partition coefficient (Wildman–Crippen LogP) is 8.03. The van der Waals surface area contributed by atoms with Gasteiger partial charge in [0.15, 0.2) is 0 Å². The summed E-state index contributed by atoms with van der Waals surface area (Å²) in [4.78, 5) is 0. The molecular weight excluding hydrogens is 324 g/mol. The van der Waals surface area contributed by atoms with Gasteiger partial charge in [-0.3, -0.25) is 0 Å². The predicted molar refractivity (Wildman–Crippen MR) is 115 cm³/mol. The van der Waals surface area contributed by atoms with Gasteiger partial charge >= 0.3 is 0 Å². The van der Waals surface area contributed by atoms with Crippen molar-refractivity contribution in [1.82, 2.24) is 0 Å². The summed E-state index contributed by atoms with van der Waals surface area (Å²) >= 11 is 0. The van der Waals surface area contributed by atoms with Crippen LogP contribution in [-0.4, -0.2) is 0 Å². The van der Waals surface area contributed by atoms with E-state index in [4.69, 9.17) is 0 Å². The molecule has 0 heteroatoms. The molecule has 5 aliphatic carbocycles. The highest BCUT2D eigenvalue weighted by atomic mass is 14.7. The van der Waals surface area contributed by atoms with Crippen molar-refractivity contribution < 1.29 is 0 Å². The molecule has 5 rings (SSSR count). The van der Waals surface area contributed by atoms with Gasteiger partial charge in [0, 0.05) is 0 Å². The summed E-state index contributed by atoms with van der Waals surface area (Å²) < 4.78 is 0. The second kappa shape index (κ2) is 6.12. The molecule has 0 N–H and O–H groups in total. The van der Waals surface area contributed by atoms with Gasteiger partial charge in [0.2, 0.25) is 0 Å². The lowest BCUT2D eigenvalue weighted by Crippen LogP contribution is -2.56. The second-order valence-electron chi connectivity index (χ2n) is 12.4. The van der Waals surface area contributed by atoms with Crippen LogP contribution in [-0.2, 0) is 0 Å². The number of rotatable bonds is 3. The highest BCUT2D eigenvalue weighted by molar-refractivity contribution is 5.17. The minimum Gasteiger partial charge on any atom is -0.0998 e. The van der Waals surface area contributed by atoms with E-state index in [2.05, 4.69) is 34.3 Å². The van der Waals surface area contributed by atoms with Crippen LogP contribution < -0.4 is 0 Å². The maximum Gasteiger partial charge on any atom is -0.0152 e. The fraction of sp³-hybridized carbons (Fsp3) is 0.926. The minimum atomic E-state index is 0.581. The fourth-order valence-corrected chi connectivity index (χ4v) is 9.81. The Bertz CT molecular complexity index is 614. The second-order valence-corrected chi connectivity index (χ2v) is 12.4. The van der Waals surface area contributed by atoms with Crippen molar-refractivity contribution >= 4 is 0 Å². The van der Waals surface area contributed by atoms with Gasteiger partial charge in [-0.05, 0) is 129 Å². The van der Waals surface area contributed by atoms with Crippen LogP contribution in [0, 0.1) is 51.8 Å². The van der Waals surface area contributed by atoms with Crippen molar-refractivity contribution in [2.24, 2.45) is 51.8 Å². The molecule has 5 aliphatic rings. The van der Waals surface area contributed by atoms with Crippen LogP contribution in [0.15, 0.2) is 12.2 Å². The Labute approximate surface area is 169 Å². The maximum absolute atomic E-state index is 4.42. The molecule has 152 valence electrons. The highest BCUT2D eigenvalue weighted by Gasteiger charge is 2.65. The molecule has 5 fully saturated rings. The number of allylic oxidation sites excluding steroid dienone is 1. The largest absolute Gasteiger partial charge is 0.0998 e. The summed E-state index contributed by atoms with van der Waals surface area (Å²) in [6, 6.07) is 0. The van der Waals surface area contributed by atoms with Gasteiger partial charge in [-0.15, -0.1) is 0 Å². The Balaban J connectivity index is 1.47. The van der Waals surface area contributed by atoms with Gasteiger partial charge in [-0.1, -0.05) is 39.3 Å². The van der Waals surface area contributed by atoms with E-state index < -0.39 is 0 Å². The molecule has 0 aliphatic heterocycles. The van der Waals surface area contributed by atoms with Crippen LogP contribution in [0.4, 0.5) is 0 Å². The summed E-state index contributed by atoms with van der Waals surface area (Å²) in [6.07, 6.45) is 18.3. The minimum absolute atomic E-state index is 0.581. The molecule has 0 amide bonds. The fourth-order valence-electron chi connectivity index (χ4n) is 9.81. The van der Waals surface area contributed by atoms with Crippen molar-refractivity contribution in [2.75, 3.05) is 0 Å². The normalized spacial score (nSPS) is 54.7. The molecular formula is C27H44. The number of hydrogen-bond donors (Lipinski definition) is 0. The molecule has 0 spiro atoms. The molecule has 0 heterocycles. The van der Waals surface area contributed by atoms with Gasteiger partial charge in [-0.2, -0.15) is 0 Å². The lowest BCUT2D eigenvalue weighted by Gasteiger charge is -2.64. The molecule has 0 unspecified atom stereocenters. The first-order valence-electron chi connectivity index (χ1n) is 12.5. The van der Waals surface area contributed by atoms with E-state index in [1.54, 1.807) is 44.9 Å². The van der Waals surface area contributed by atoms with Gasteiger partial charge in [0.1, 0.15) is 0 Å². The third-order valence-electron chi connectivity index (χ3n) is 11.4. The lowest BCUT2D eigenvalue weighted by atomic mass is 9.41. The third-order valence-corrected chi connectivity index (χ3v) is 11.4. The van der Waals surface area contributed by atoms with Crippen LogP contribution in [0.3, 0.4) is 0 Å². The molecule has 0 aromatic heterocycles. The summed E-state index contributed by atoms with van der Waals surface area (Å²) in [5.41, 5.74) is 3.48. The zero-order chi connectivity index (χ0) is 19.0. The van der Waals surface area contributed by atoms with E-state index in [0.717, 1.165) is 40.9 Å². The summed E-state index contributed by atoms with van der Waals surface area (Å²) in [7, 11) is 0. The monoisotopic (exact) mass is 368 g/mol. The van der Waals surface area contributed by atoms with Gasteiger partial charge in [-0.25, -0.2) is 0 Å². The van der Waals surface area contributed by atoms with Crippen LogP contribution in [0.1, 0.15) is 105 Å². The SMILES string of the molecule is C=C(C)[C@H]1CC[C@H]2[C@@H]3CC[C@@H]4C[C@@](C)(CC)CC[C@]4(C4CC4)[C@H]3CC[C@]12C. The van der Waals surface area contributed by atoms with E-state index in [1.807, 2.05) is 0 Å². The van der Waals surface area contributed by atoms with Crippen LogP contribution in [0.2, 0.25) is 0 Å². The first-order valence-corrected chi connectivity index (χ1v) is 12.5. The van der Waals surface area contributed by atoms with E-state index in [9.17, 15) is 0 Å². The molecule has 0 aromatic rings. The first kappa shape index (κ1) is 18.7. The summed E-state index contributed by atoms with van der Waals surface area (Å²) in [5.74, 6) is 6.12. The molecule has 0 bridgehead atoms. The van der Waals surface area contributed by atoms with E-state index >= 15 is 0 Å². The molecule has 0 aromatic carbocycles. The van der Waals surface area contributed by atoms with Crippen LogP contribution >= 0.6 is 0 Å². The highest BCUT2D eigenvalue weighted by Crippen LogP contribution is 2.73. The Morgan fingerprint density at radius 1 is 0.852 bits per heavy atom. The average molecular weight is 369 g/mol. The smallest absolute Gasteiger partial charge is 0.0152 e. The van der Waals surface area contributed by atoms with Crippen molar-refractivity contribution in [3.63, 3.8) is 0 Å². The van der Waals surface area contributed by atoms with E-state index in [1.165, 1.54) is 37.7 Å². The average Bonchev–Trinajstić information content (AvgIpc) is 3.43. The molecule has 0 saturated heterocycles.